The van der Waals surface area contributed by atoms with Crippen molar-refractivity contribution in [1.29, 1.82) is 0 Å². The molecule has 0 N–H and O–H groups in total. The lowest BCUT2D eigenvalue weighted by atomic mass is 9.82. The lowest BCUT2D eigenvalue weighted by Gasteiger charge is -2.36. The van der Waals surface area contributed by atoms with Crippen LogP contribution in [0.3, 0.4) is 0 Å². The molecule has 0 radical (unpaired) electrons. The Morgan fingerprint density at radius 2 is 2.00 bits per heavy atom. The van der Waals surface area contributed by atoms with Crippen LogP contribution >= 0.6 is 0 Å². The first-order chi connectivity index (χ1) is 8.36. The Labute approximate surface area is 101 Å². The maximum Gasteiger partial charge on any atom is 0.194 e. The van der Waals surface area contributed by atoms with Gasteiger partial charge in [0.1, 0.15) is 0 Å². The molecule has 5 nitrogen and oxygen atoms in total. The van der Waals surface area contributed by atoms with Crippen molar-refractivity contribution in [3.8, 4) is 0 Å². The van der Waals surface area contributed by atoms with Crippen LogP contribution in [0.4, 0.5) is 0 Å². The van der Waals surface area contributed by atoms with Gasteiger partial charge in [0.15, 0.2) is 18.9 Å². The van der Waals surface area contributed by atoms with Gasteiger partial charge in [0.05, 0.1) is 13.2 Å². The van der Waals surface area contributed by atoms with Crippen LogP contribution in [-0.2, 0) is 24.0 Å². The van der Waals surface area contributed by atoms with E-state index < -0.39 is 0 Å². The lowest BCUT2D eigenvalue weighted by molar-refractivity contribution is -0.278. The molecule has 1 unspecified atom stereocenters. The van der Waals surface area contributed by atoms with E-state index in [1.807, 2.05) is 0 Å². The highest BCUT2D eigenvalue weighted by Gasteiger charge is 2.41. The molecule has 0 amide bonds. The predicted molar refractivity (Wildman–Crippen MR) is 57.7 cm³/mol. The Kier molecular flexibility index (Phi) is 3.63. The molecule has 98 valence electrons. The summed E-state index contributed by atoms with van der Waals surface area (Å²) in [5.41, 5.74) is 0. The molecule has 1 saturated carbocycles. The number of hydrogen-bond acceptors (Lipinski definition) is 5. The minimum absolute atomic E-state index is 0.182. The van der Waals surface area contributed by atoms with E-state index in [9.17, 15) is 0 Å². The molecule has 17 heavy (non-hydrogen) atoms. The summed E-state index contributed by atoms with van der Waals surface area (Å²) in [6.45, 7) is 1.75. The van der Waals surface area contributed by atoms with Gasteiger partial charge in [-0.05, 0) is 18.8 Å². The first-order valence-electron chi connectivity index (χ1n) is 6.54. The van der Waals surface area contributed by atoms with E-state index in [0.29, 0.717) is 5.92 Å². The predicted octanol–water partition coefficient (Wildman–Crippen LogP) is 1.96. The fourth-order valence-corrected chi connectivity index (χ4v) is 3.05. The third-order valence-electron chi connectivity index (χ3n) is 3.87. The normalized spacial score (nSPS) is 36.7. The molecule has 0 aromatic heterocycles. The van der Waals surface area contributed by atoms with Crippen molar-refractivity contribution >= 4 is 0 Å². The second kappa shape index (κ2) is 5.20. The zero-order valence-corrected chi connectivity index (χ0v) is 10.1. The average molecular weight is 244 g/mol. The van der Waals surface area contributed by atoms with Crippen molar-refractivity contribution in [3.05, 3.63) is 0 Å². The largest absolute Gasteiger partial charge is 0.348 e. The number of rotatable bonds is 3. The van der Waals surface area contributed by atoms with Gasteiger partial charge in [-0.25, -0.2) is 9.78 Å². The van der Waals surface area contributed by atoms with Crippen LogP contribution in [0.5, 0.6) is 0 Å². The monoisotopic (exact) mass is 244 g/mol. The molecule has 3 rings (SSSR count). The topological polar surface area (TPSA) is 46.2 Å². The summed E-state index contributed by atoms with van der Waals surface area (Å²) in [5.74, 6) is 0.381. The molecule has 2 aliphatic heterocycles. The Morgan fingerprint density at radius 1 is 1.12 bits per heavy atom. The van der Waals surface area contributed by atoms with Gasteiger partial charge in [-0.3, -0.25) is 0 Å². The van der Waals surface area contributed by atoms with E-state index in [1.54, 1.807) is 0 Å². The average Bonchev–Trinajstić information content (AvgIpc) is 2.99. The van der Waals surface area contributed by atoms with E-state index in [2.05, 4.69) is 0 Å². The van der Waals surface area contributed by atoms with Crippen molar-refractivity contribution in [2.75, 3.05) is 20.0 Å². The van der Waals surface area contributed by atoms with Crippen molar-refractivity contribution in [1.82, 2.24) is 0 Å². The third-order valence-corrected chi connectivity index (χ3v) is 3.87. The molecule has 2 heterocycles. The molecule has 2 atom stereocenters. The van der Waals surface area contributed by atoms with Gasteiger partial charge in [-0.2, -0.15) is 0 Å². The molecule has 3 fully saturated rings. The van der Waals surface area contributed by atoms with Crippen LogP contribution in [-0.4, -0.2) is 32.1 Å². The van der Waals surface area contributed by atoms with Gasteiger partial charge in [-0.15, -0.1) is 0 Å². The zero-order chi connectivity index (χ0) is 11.6. The maximum absolute atomic E-state index is 5.77. The van der Waals surface area contributed by atoms with Crippen molar-refractivity contribution < 1.29 is 24.0 Å². The van der Waals surface area contributed by atoms with Crippen LogP contribution in [0.1, 0.15) is 38.5 Å². The summed E-state index contributed by atoms with van der Waals surface area (Å²) in [7, 11) is 0. The molecule has 1 aliphatic carbocycles. The highest BCUT2D eigenvalue weighted by Crippen LogP contribution is 2.40. The van der Waals surface area contributed by atoms with Crippen LogP contribution in [0.2, 0.25) is 0 Å². The van der Waals surface area contributed by atoms with Crippen LogP contribution in [0.15, 0.2) is 0 Å². The highest BCUT2D eigenvalue weighted by atomic mass is 17.3. The molecular formula is C12H20O5. The second-order valence-electron chi connectivity index (χ2n) is 5.08. The molecule has 0 aromatic carbocycles. The molecule has 1 spiro atoms. The number of ether oxygens (including phenoxy) is 3. The van der Waals surface area contributed by atoms with Crippen LogP contribution in [0.25, 0.3) is 0 Å². The Bertz CT molecular complexity index is 245. The standard InChI is InChI=1S/C12H20O5/c1-2-10(3-4-11-13-9-16-17-11)8-12(5-1)14-6-7-15-12/h10-11H,1-9H2/t10?,11-/m1/s1. The van der Waals surface area contributed by atoms with Crippen molar-refractivity contribution in [3.63, 3.8) is 0 Å². The quantitative estimate of drug-likeness (QED) is 0.710. The molecular weight excluding hydrogens is 224 g/mol. The molecule has 5 heteroatoms. The smallest absolute Gasteiger partial charge is 0.194 e. The van der Waals surface area contributed by atoms with Gasteiger partial charge < -0.3 is 14.2 Å². The van der Waals surface area contributed by atoms with E-state index in [0.717, 1.165) is 38.9 Å². The summed E-state index contributed by atoms with van der Waals surface area (Å²) in [6, 6.07) is 0. The second-order valence-corrected chi connectivity index (χ2v) is 5.08. The third kappa shape index (κ3) is 2.80. The summed E-state index contributed by atoms with van der Waals surface area (Å²) < 4.78 is 16.8. The van der Waals surface area contributed by atoms with Gasteiger partial charge in [0.25, 0.3) is 0 Å². The van der Waals surface area contributed by atoms with Gasteiger partial charge in [0, 0.05) is 19.3 Å². The minimum atomic E-state index is -0.267. The highest BCUT2D eigenvalue weighted by molar-refractivity contribution is 4.83. The van der Waals surface area contributed by atoms with Crippen LogP contribution in [0, 0.1) is 5.92 Å². The maximum atomic E-state index is 5.77. The summed E-state index contributed by atoms with van der Waals surface area (Å²) in [6.07, 6.45) is 6.29. The fourth-order valence-electron chi connectivity index (χ4n) is 3.05. The van der Waals surface area contributed by atoms with E-state index in [4.69, 9.17) is 24.0 Å². The Balaban J connectivity index is 1.46. The first-order valence-corrected chi connectivity index (χ1v) is 6.54. The van der Waals surface area contributed by atoms with Gasteiger partial charge in [-0.1, -0.05) is 6.42 Å². The van der Waals surface area contributed by atoms with E-state index in [1.165, 1.54) is 12.8 Å². The van der Waals surface area contributed by atoms with Gasteiger partial charge in [0.2, 0.25) is 0 Å². The summed E-state index contributed by atoms with van der Waals surface area (Å²) >= 11 is 0. The van der Waals surface area contributed by atoms with Crippen LogP contribution < -0.4 is 0 Å². The summed E-state index contributed by atoms with van der Waals surface area (Å²) in [5, 5.41) is 0. The van der Waals surface area contributed by atoms with Crippen molar-refractivity contribution in [2.24, 2.45) is 5.92 Å². The molecule has 0 aromatic rings. The lowest BCUT2D eigenvalue weighted by Crippen LogP contribution is -2.36. The Morgan fingerprint density at radius 3 is 2.76 bits per heavy atom. The SMILES string of the molecule is C1CC(CC[C@@H]2OCOO2)CC2(C1)OCCO2. The van der Waals surface area contributed by atoms with Crippen molar-refractivity contribution in [2.45, 2.75) is 50.6 Å². The summed E-state index contributed by atoms with van der Waals surface area (Å²) in [4.78, 5) is 9.69. The number of hydrogen-bond donors (Lipinski definition) is 0. The fraction of sp³-hybridized carbons (Fsp3) is 1.00. The first kappa shape index (κ1) is 11.9. The zero-order valence-electron chi connectivity index (χ0n) is 10.1. The van der Waals surface area contributed by atoms with E-state index in [-0.39, 0.29) is 18.9 Å². The van der Waals surface area contributed by atoms with E-state index >= 15 is 0 Å². The minimum Gasteiger partial charge on any atom is -0.348 e. The Hall–Kier alpha value is -0.200. The molecule has 3 aliphatic rings. The molecule has 2 saturated heterocycles. The molecule has 0 bridgehead atoms. The van der Waals surface area contributed by atoms with Gasteiger partial charge >= 0.3 is 0 Å².